The van der Waals surface area contributed by atoms with Crippen molar-refractivity contribution in [3.8, 4) is 5.75 Å². The van der Waals surface area contributed by atoms with Gasteiger partial charge in [0.1, 0.15) is 0 Å². The lowest BCUT2D eigenvalue weighted by Gasteiger charge is -2.43. The van der Waals surface area contributed by atoms with E-state index in [-0.39, 0.29) is 31.6 Å². The fourth-order valence-corrected chi connectivity index (χ4v) is 4.43. The van der Waals surface area contributed by atoms with Crippen molar-refractivity contribution in [2.45, 2.75) is 64.3 Å². The number of hydrogen-bond donors (Lipinski definition) is 2. The lowest BCUT2D eigenvalue weighted by Crippen LogP contribution is -2.47. The zero-order chi connectivity index (χ0) is 27.8. The van der Waals surface area contributed by atoms with Crippen molar-refractivity contribution in [3.05, 3.63) is 59.2 Å². The third-order valence-electron chi connectivity index (χ3n) is 6.39. The first-order valence-electron chi connectivity index (χ1n) is 12.2. The number of nitrogens with one attached hydrogen (secondary N) is 1. The van der Waals surface area contributed by atoms with Crippen LogP contribution in [0.5, 0.6) is 5.75 Å². The van der Waals surface area contributed by atoms with Crippen molar-refractivity contribution in [2.75, 3.05) is 5.32 Å². The number of anilines is 1. The van der Waals surface area contributed by atoms with Crippen molar-refractivity contribution in [2.24, 2.45) is 5.41 Å². The Hall–Kier alpha value is -3.10. The summed E-state index contributed by atoms with van der Waals surface area (Å²) in [6.45, 7) is -2.49. The SMILES string of the molecule is [2H]C([2H])([2H])C1(C(=O)O)CCC(C(=O)Nc2cc(F)c(F)cc2OC(F)F)(c2ccccc2C(C)C)CC1. The van der Waals surface area contributed by atoms with Gasteiger partial charge in [0.15, 0.2) is 17.4 Å². The van der Waals surface area contributed by atoms with Crippen LogP contribution in [-0.2, 0) is 15.0 Å². The average Bonchev–Trinajstić information content (AvgIpc) is 2.81. The maximum Gasteiger partial charge on any atom is 0.387 e. The van der Waals surface area contributed by atoms with Gasteiger partial charge in [0.25, 0.3) is 0 Å². The molecule has 0 spiro atoms. The quantitative estimate of drug-likeness (QED) is 0.457. The molecule has 0 aliphatic heterocycles. The number of halogens is 4. The first-order valence-corrected chi connectivity index (χ1v) is 10.7. The molecule has 0 aromatic heterocycles. The molecule has 1 saturated carbocycles. The molecule has 1 fully saturated rings. The zero-order valence-corrected chi connectivity index (χ0v) is 18.6. The average molecular weight is 485 g/mol. The first-order chi connectivity index (χ1) is 17.1. The molecule has 0 atom stereocenters. The molecule has 2 aromatic rings. The Labute approximate surface area is 199 Å². The summed E-state index contributed by atoms with van der Waals surface area (Å²) < 4.78 is 81.4. The molecule has 3 rings (SSSR count). The van der Waals surface area contributed by atoms with Crippen LogP contribution >= 0.6 is 0 Å². The van der Waals surface area contributed by atoms with Crippen molar-refractivity contribution < 1.29 is 41.1 Å². The number of carbonyl (C=O) groups excluding carboxylic acids is 1. The van der Waals surface area contributed by atoms with E-state index in [0.717, 1.165) is 5.56 Å². The molecule has 0 unspecified atom stereocenters. The summed E-state index contributed by atoms with van der Waals surface area (Å²) in [5.41, 5.74) is -2.88. The maximum absolute atomic E-state index is 14.0. The number of alkyl halides is 2. The third-order valence-corrected chi connectivity index (χ3v) is 6.39. The highest BCUT2D eigenvalue weighted by Gasteiger charge is 2.50. The van der Waals surface area contributed by atoms with Crippen molar-refractivity contribution in [1.82, 2.24) is 0 Å². The maximum atomic E-state index is 14.0. The highest BCUT2D eigenvalue weighted by Crippen LogP contribution is 2.49. The summed E-state index contributed by atoms with van der Waals surface area (Å²) in [7, 11) is 0. The minimum absolute atomic E-state index is 0.0874. The number of hydrogen-bond acceptors (Lipinski definition) is 3. The van der Waals surface area contributed by atoms with E-state index in [1.54, 1.807) is 24.3 Å². The molecule has 0 saturated heterocycles. The Morgan fingerprint density at radius 1 is 1.09 bits per heavy atom. The monoisotopic (exact) mass is 484 g/mol. The van der Waals surface area contributed by atoms with Gasteiger partial charge in [-0.15, -0.1) is 0 Å². The van der Waals surface area contributed by atoms with Crippen molar-refractivity contribution in [1.29, 1.82) is 0 Å². The van der Waals surface area contributed by atoms with Crippen LogP contribution in [0.4, 0.5) is 23.2 Å². The van der Waals surface area contributed by atoms with Gasteiger partial charge in [-0.25, -0.2) is 8.78 Å². The van der Waals surface area contributed by atoms with Gasteiger partial charge in [-0.1, -0.05) is 38.1 Å². The highest BCUT2D eigenvalue weighted by atomic mass is 19.3. The van der Waals surface area contributed by atoms with Gasteiger partial charge in [0.05, 0.1) is 16.5 Å². The summed E-state index contributed by atoms with van der Waals surface area (Å²) in [5, 5.41) is 12.2. The molecule has 1 amide bonds. The molecule has 2 aromatic carbocycles. The number of carbonyl (C=O) groups is 2. The van der Waals surface area contributed by atoms with Crippen molar-refractivity contribution >= 4 is 17.6 Å². The summed E-state index contributed by atoms with van der Waals surface area (Å²) in [6, 6.07) is 7.76. The number of aliphatic carboxylic acids is 1. The van der Waals surface area contributed by atoms with Crippen LogP contribution in [0, 0.1) is 17.0 Å². The predicted molar refractivity (Wildman–Crippen MR) is 118 cm³/mol. The Bertz CT molecular complexity index is 1180. The molecule has 0 radical (unpaired) electrons. The number of ether oxygens (including phenoxy) is 1. The van der Waals surface area contributed by atoms with Gasteiger partial charge in [-0.3, -0.25) is 9.59 Å². The normalized spacial score (nSPS) is 24.3. The summed E-state index contributed by atoms with van der Waals surface area (Å²) in [5.74, 6) is -6.08. The highest BCUT2D eigenvalue weighted by molar-refractivity contribution is 6.00. The molecule has 0 bridgehead atoms. The Kier molecular flexibility index (Phi) is 6.08. The molecular weight excluding hydrogens is 454 g/mol. The number of benzene rings is 2. The molecule has 2 N–H and O–H groups in total. The number of rotatable bonds is 7. The fraction of sp³-hybridized carbons (Fsp3) is 0.440. The third kappa shape index (κ3) is 4.88. The summed E-state index contributed by atoms with van der Waals surface area (Å²) in [6.07, 6.45) is -1.17. The van der Waals surface area contributed by atoms with Crippen LogP contribution in [0.2, 0.25) is 0 Å². The molecule has 34 heavy (non-hydrogen) atoms. The Morgan fingerprint density at radius 2 is 1.71 bits per heavy atom. The van der Waals surface area contributed by atoms with E-state index in [1.807, 2.05) is 13.8 Å². The van der Waals surface area contributed by atoms with Crippen molar-refractivity contribution in [3.63, 3.8) is 0 Å². The lowest BCUT2D eigenvalue weighted by molar-refractivity contribution is -0.151. The van der Waals surface area contributed by atoms with E-state index in [2.05, 4.69) is 10.1 Å². The Balaban J connectivity index is 2.13. The molecule has 1 aliphatic rings. The minimum atomic E-state index is -3.39. The van der Waals surface area contributed by atoms with E-state index in [4.69, 9.17) is 4.11 Å². The zero-order valence-electron chi connectivity index (χ0n) is 21.6. The van der Waals surface area contributed by atoms with Crippen LogP contribution < -0.4 is 10.1 Å². The number of carboxylic acids is 1. The van der Waals surface area contributed by atoms with Gasteiger partial charge in [0.2, 0.25) is 5.91 Å². The van der Waals surface area contributed by atoms with Gasteiger partial charge in [0, 0.05) is 16.2 Å². The number of carboxylic acid groups (broad SMARTS) is 1. The molecule has 9 heteroatoms. The standard InChI is InChI=1S/C25H27F4NO4/c1-14(2)15-6-4-5-7-16(15)25(10-8-24(3,9-11-25)22(32)33)21(31)30-19-12-17(26)18(27)13-20(19)34-23(28)29/h4-7,12-14,23H,8-11H2,1-3H3,(H,30,31)(H,32,33)/i3D3. The first kappa shape index (κ1) is 21.4. The molecule has 1 aliphatic carbocycles. The largest absolute Gasteiger partial charge is 0.481 e. The second kappa shape index (κ2) is 9.64. The van der Waals surface area contributed by atoms with E-state index in [1.165, 1.54) is 0 Å². The van der Waals surface area contributed by atoms with Crippen LogP contribution in [0.15, 0.2) is 36.4 Å². The van der Waals surface area contributed by atoms with Crippen LogP contribution in [0.3, 0.4) is 0 Å². The van der Waals surface area contributed by atoms with Crippen LogP contribution in [0.25, 0.3) is 0 Å². The smallest absolute Gasteiger partial charge is 0.387 e. The molecular formula is C25H27F4NO4. The van der Waals surface area contributed by atoms with Gasteiger partial charge in [-0.05, 0) is 49.6 Å². The number of amides is 1. The molecule has 184 valence electrons. The fourth-order valence-electron chi connectivity index (χ4n) is 4.43. The predicted octanol–water partition coefficient (Wildman–Crippen LogP) is 6.23. The lowest BCUT2D eigenvalue weighted by atomic mass is 9.60. The van der Waals surface area contributed by atoms with Gasteiger partial charge in [-0.2, -0.15) is 8.78 Å². The van der Waals surface area contributed by atoms with Gasteiger partial charge >= 0.3 is 12.6 Å². The molecule has 0 heterocycles. The van der Waals surface area contributed by atoms with E-state index in [0.29, 0.717) is 17.7 Å². The summed E-state index contributed by atoms with van der Waals surface area (Å²) in [4.78, 5) is 26.0. The topological polar surface area (TPSA) is 75.6 Å². The minimum Gasteiger partial charge on any atom is -0.481 e. The van der Waals surface area contributed by atoms with E-state index in [9.17, 15) is 32.3 Å². The van der Waals surface area contributed by atoms with Gasteiger partial charge < -0.3 is 15.2 Å². The van der Waals surface area contributed by atoms with Crippen LogP contribution in [-0.4, -0.2) is 23.6 Å². The molecule has 5 nitrogen and oxygen atoms in total. The summed E-state index contributed by atoms with van der Waals surface area (Å²) >= 11 is 0. The van der Waals surface area contributed by atoms with E-state index < -0.39 is 59.2 Å². The van der Waals surface area contributed by atoms with E-state index >= 15 is 0 Å². The Morgan fingerprint density at radius 3 is 2.26 bits per heavy atom. The second-order valence-corrected chi connectivity index (χ2v) is 8.81. The van der Waals surface area contributed by atoms with Crippen LogP contribution in [0.1, 0.15) is 67.5 Å². The second-order valence-electron chi connectivity index (χ2n) is 8.81.